The Bertz CT molecular complexity index is 122. The van der Waals surface area contributed by atoms with Gasteiger partial charge in [-0.15, -0.1) is 0 Å². The molecule has 0 radical (unpaired) electrons. The van der Waals surface area contributed by atoms with Gasteiger partial charge in [0, 0.05) is 6.08 Å². The Balaban J connectivity index is 3.10. The minimum Gasteiger partial charge on any atom is -0.478 e. The molecule has 4 nitrogen and oxygen atoms in total. The van der Waals surface area contributed by atoms with Crippen LogP contribution in [0.4, 0.5) is 0 Å². The normalized spacial score (nSPS) is 10.5. The van der Waals surface area contributed by atoms with Crippen molar-refractivity contribution in [2.45, 2.75) is 12.8 Å². The van der Waals surface area contributed by atoms with Crippen LogP contribution in [0.2, 0.25) is 0 Å². The van der Waals surface area contributed by atoms with Crippen LogP contribution in [0.5, 0.6) is 0 Å². The molecule has 0 unspecified atom stereocenters. The lowest BCUT2D eigenvalue weighted by Crippen LogP contribution is -1.99. The summed E-state index contributed by atoms with van der Waals surface area (Å²) in [6, 6.07) is 0. The van der Waals surface area contributed by atoms with Crippen molar-refractivity contribution in [1.29, 1.82) is 0 Å². The quantitative estimate of drug-likeness (QED) is 0.331. The Morgan fingerprint density at radius 3 is 2.90 bits per heavy atom. The van der Waals surface area contributed by atoms with E-state index in [4.69, 9.17) is 11.0 Å². The van der Waals surface area contributed by atoms with E-state index in [1.54, 1.807) is 6.08 Å². The number of carboxylic acid groups (broad SMARTS) is 1. The maximum Gasteiger partial charge on any atom is 0.327 e. The van der Waals surface area contributed by atoms with Gasteiger partial charge in [-0.3, -0.25) is 0 Å². The lowest BCUT2D eigenvalue weighted by molar-refractivity contribution is -0.131. The number of carbonyl (C=O) groups is 1. The van der Waals surface area contributed by atoms with Crippen LogP contribution in [-0.4, -0.2) is 17.7 Å². The summed E-state index contributed by atoms with van der Waals surface area (Å²) in [5, 5.41) is 8.13. The van der Waals surface area contributed by atoms with Gasteiger partial charge in [-0.05, 0) is 12.8 Å². The fraction of sp³-hybridized carbons (Fsp3) is 0.500. The average molecular weight is 145 g/mol. The van der Waals surface area contributed by atoms with Gasteiger partial charge in [0.15, 0.2) is 0 Å². The smallest absolute Gasteiger partial charge is 0.327 e. The molecule has 58 valence electrons. The van der Waals surface area contributed by atoms with Crippen LogP contribution in [0.1, 0.15) is 12.8 Å². The van der Waals surface area contributed by atoms with Crippen molar-refractivity contribution in [2.75, 3.05) is 6.61 Å². The van der Waals surface area contributed by atoms with E-state index in [1.165, 1.54) is 0 Å². The Kier molecular flexibility index (Phi) is 5.71. The molecule has 0 amide bonds. The summed E-state index contributed by atoms with van der Waals surface area (Å²) in [4.78, 5) is 14.2. The van der Waals surface area contributed by atoms with E-state index in [0.29, 0.717) is 13.0 Å². The summed E-state index contributed by atoms with van der Waals surface area (Å²) in [5.41, 5.74) is 0. The number of carboxylic acids is 1. The zero-order chi connectivity index (χ0) is 7.82. The van der Waals surface area contributed by atoms with Gasteiger partial charge < -0.3 is 9.94 Å². The molecule has 10 heavy (non-hydrogen) atoms. The van der Waals surface area contributed by atoms with E-state index in [0.717, 1.165) is 12.5 Å². The molecule has 0 bridgehead atoms. The summed E-state index contributed by atoms with van der Waals surface area (Å²) in [6.07, 6.45) is 4.11. The van der Waals surface area contributed by atoms with Crippen LogP contribution in [-0.2, 0) is 9.63 Å². The monoisotopic (exact) mass is 145 g/mol. The molecule has 0 aromatic rings. The molecule has 3 N–H and O–H groups in total. The lowest BCUT2D eigenvalue weighted by Gasteiger charge is -1.91. The predicted molar refractivity (Wildman–Crippen MR) is 36.1 cm³/mol. The zero-order valence-corrected chi connectivity index (χ0v) is 5.62. The third-order valence-electron chi connectivity index (χ3n) is 0.893. The Labute approximate surface area is 59.2 Å². The fourth-order valence-corrected chi connectivity index (χ4v) is 0.469. The number of unbranched alkanes of at least 4 members (excludes halogenated alkanes) is 1. The number of hydrogen-bond donors (Lipinski definition) is 2. The fourth-order valence-electron chi connectivity index (χ4n) is 0.469. The number of rotatable bonds is 5. The molecular weight excluding hydrogens is 134 g/mol. The highest BCUT2D eigenvalue weighted by atomic mass is 16.6. The second-order valence-corrected chi connectivity index (χ2v) is 1.75. The van der Waals surface area contributed by atoms with E-state index >= 15 is 0 Å². The van der Waals surface area contributed by atoms with Crippen LogP contribution < -0.4 is 5.90 Å². The Morgan fingerprint density at radius 1 is 1.70 bits per heavy atom. The number of aliphatic carboxylic acids is 1. The van der Waals surface area contributed by atoms with Gasteiger partial charge in [0.1, 0.15) is 0 Å². The topological polar surface area (TPSA) is 72.5 Å². The molecule has 0 spiro atoms. The highest BCUT2D eigenvalue weighted by molar-refractivity contribution is 5.79. The third kappa shape index (κ3) is 7.13. The van der Waals surface area contributed by atoms with E-state index in [2.05, 4.69) is 4.84 Å². The number of nitrogens with two attached hydrogens (primary N) is 1. The van der Waals surface area contributed by atoms with Gasteiger partial charge in [0.2, 0.25) is 0 Å². The molecular formula is C6H11NO3. The van der Waals surface area contributed by atoms with Gasteiger partial charge >= 0.3 is 5.97 Å². The maximum atomic E-state index is 9.89. The predicted octanol–water partition coefficient (Wildman–Crippen LogP) is 0.298. The largest absolute Gasteiger partial charge is 0.478 e. The number of hydrogen-bond acceptors (Lipinski definition) is 3. The highest BCUT2D eigenvalue weighted by Crippen LogP contribution is 1.89. The first-order chi connectivity index (χ1) is 4.77. The second kappa shape index (κ2) is 6.25. The molecule has 0 saturated carbocycles. The standard InChI is InChI=1S/C6H11NO3/c7-10-5-3-1-2-4-6(8)9/h2,4H,1,3,5,7H2,(H,8,9)/b4-2+. The van der Waals surface area contributed by atoms with Crippen LogP contribution >= 0.6 is 0 Å². The van der Waals surface area contributed by atoms with Crippen molar-refractivity contribution in [2.24, 2.45) is 5.90 Å². The van der Waals surface area contributed by atoms with Gasteiger partial charge in [-0.25, -0.2) is 10.7 Å². The SMILES string of the molecule is NOCCC/C=C/C(=O)O. The summed E-state index contributed by atoms with van der Waals surface area (Å²) in [7, 11) is 0. The van der Waals surface area contributed by atoms with Crippen molar-refractivity contribution in [3.05, 3.63) is 12.2 Å². The molecule has 0 rings (SSSR count). The van der Waals surface area contributed by atoms with Gasteiger partial charge in [-0.1, -0.05) is 6.08 Å². The molecule has 0 aliphatic carbocycles. The highest BCUT2D eigenvalue weighted by Gasteiger charge is 1.85. The van der Waals surface area contributed by atoms with Crippen molar-refractivity contribution < 1.29 is 14.7 Å². The minimum absolute atomic E-state index is 0.462. The van der Waals surface area contributed by atoms with Crippen molar-refractivity contribution in [1.82, 2.24) is 0 Å². The molecule has 0 aromatic carbocycles. The van der Waals surface area contributed by atoms with Crippen LogP contribution in [0.15, 0.2) is 12.2 Å². The molecule has 0 heterocycles. The first-order valence-corrected chi connectivity index (χ1v) is 2.98. The van der Waals surface area contributed by atoms with Gasteiger partial charge in [-0.2, -0.15) is 0 Å². The summed E-state index contributed by atoms with van der Waals surface area (Å²) >= 11 is 0. The van der Waals surface area contributed by atoms with E-state index < -0.39 is 5.97 Å². The van der Waals surface area contributed by atoms with Crippen LogP contribution in [0, 0.1) is 0 Å². The second-order valence-electron chi connectivity index (χ2n) is 1.75. The van der Waals surface area contributed by atoms with Gasteiger partial charge in [0.05, 0.1) is 6.61 Å². The summed E-state index contributed by atoms with van der Waals surface area (Å²) < 4.78 is 0. The van der Waals surface area contributed by atoms with Crippen LogP contribution in [0.25, 0.3) is 0 Å². The molecule has 4 heteroatoms. The van der Waals surface area contributed by atoms with Crippen LogP contribution in [0.3, 0.4) is 0 Å². The Morgan fingerprint density at radius 2 is 2.40 bits per heavy atom. The van der Waals surface area contributed by atoms with E-state index in [-0.39, 0.29) is 0 Å². The molecule has 0 aliphatic heterocycles. The lowest BCUT2D eigenvalue weighted by atomic mass is 10.3. The summed E-state index contributed by atoms with van der Waals surface area (Å²) in [6.45, 7) is 0.462. The minimum atomic E-state index is -0.923. The van der Waals surface area contributed by atoms with E-state index in [9.17, 15) is 4.79 Å². The first kappa shape index (κ1) is 9.13. The summed E-state index contributed by atoms with van der Waals surface area (Å²) in [5.74, 6) is 3.81. The maximum absolute atomic E-state index is 9.89. The zero-order valence-electron chi connectivity index (χ0n) is 5.62. The van der Waals surface area contributed by atoms with Crippen molar-refractivity contribution >= 4 is 5.97 Å². The molecule has 0 atom stereocenters. The Hall–Kier alpha value is -0.870. The first-order valence-electron chi connectivity index (χ1n) is 2.98. The van der Waals surface area contributed by atoms with Gasteiger partial charge in [0.25, 0.3) is 0 Å². The van der Waals surface area contributed by atoms with Crippen molar-refractivity contribution in [3.8, 4) is 0 Å². The average Bonchev–Trinajstić information content (AvgIpc) is 1.87. The number of allylic oxidation sites excluding steroid dienone is 1. The molecule has 0 fully saturated rings. The molecule has 0 aliphatic rings. The van der Waals surface area contributed by atoms with Crippen molar-refractivity contribution in [3.63, 3.8) is 0 Å². The molecule has 0 aromatic heterocycles. The third-order valence-corrected chi connectivity index (χ3v) is 0.893. The van der Waals surface area contributed by atoms with E-state index in [1.807, 2.05) is 0 Å². The molecule has 0 saturated heterocycles.